The smallest absolute Gasteiger partial charge is 0.248 e. The van der Waals surface area contributed by atoms with Crippen LogP contribution >= 0.6 is 7.44 Å². The number of aromatic nitrogens is 1. The first-order valence-electron chi connectivity index (χ1n) is 10.2. The fourth-order valence-electron chi connectivity index (χ4n) is 4.35. The van der Waals surface area contributed by atoms with Crippen LogP contribution in [0.2, 0.25) is 0 Å². The van der Waals surface area contributed by atoms with Crippen molar-refractivity contribution in [3.05, 3.63) is 60.9 Å². The Labute approximate surface area is 171 Å². The topological polar surface area (TPSA) is 46.4 Å². The zero-order valence-electron chi connectivity index (χ0n) is 16.4. The Morgan fingerprint density at radius 3 is 1.97 bits per heavy atom. The van der Waals surface area contributed by atoms with Gasteiger partial charge in [0, 0.05) is 44.1 Å². The molecular formula is C22H26N3O3P. The largest absolute Gasteiger partial charge is 0.379 e. The van der Waals surface area contributed by atoms with E-state index >= 15 is 4.57 Å². The molecule has 152 valence electrons. The van der Waals surface area contributed by atoms with E-state index < -0.39 is 7.44 Å². The number of rotatable bonds is 4. The van der Waals surface area contributed by atoms with Crippen LogP contribution in [0.3, 0.4) is 0 Å². The number of fused-ring (bicyclic) bond motifs is 1. The van der Waals surface area contributed by atoms with Crippen molar-refractivity contribution in [1.82, 2.24) is 13.7 Å². The molecule has 0 bridgehead atoms. The van der Waals surface area contributed by atoms with Crippen molar-refractivity contribution in [2.45, 2.75) is 0 Å². The van der Waals surface area contributed by atoms with Crippen LogP contribution in [0.25, 0.3) is 16.6 Å². The second-order valence-electron chi connectivity index (χ2n) is 7.43. The fourth-order valence-corrected chi connectivity index (χ4v) is 7.68. The number of morpholine rings is 2. The number of nitrogens with zero attached hydrogens (tertiary/aromatic N) is 3. The molecule has 0 unspecified atom stereocenters. The summed E-state index contributed by atoms with van der Waals surface area (Å²) >= 11 is 0. The summed E-state index contributed by atoms with van der Waals surface area (Å²) in [5.41, 5.74) is 3.14. The molecule has 2 aromatic heterocycles. The van der Waals surface area contributed by atoms with Gasteiger partial charge in [0.15, 0.2) is 0 Å². The first kappa shape index (κ1) is 19.0. The molecule has 29 heavy (non-hydrogen) atoms. The van der Waals surface area contributed by atoms with E-state index in [0.29, 0.717) is 52.6 Å². The molecule has 0 N–H and O–H groups in total. The molecule has 2 aliphatic heterocycles. The molecule has 0 saturated carbocycles. The maximum Gasteiger partial charge on any atom is 0.248 e. The van der Waals surface area contributed by atoms with E-state index in [0.717, 1.165) is 21.9 Å². The number of hydrogen-bond acceptors (Lipinski definition) is 3. The Morgan fingerprint density at radius 1 is 0.759 bits per heavy atom. The third-order valence-corrected chi connectivity index (χ3v) is 9.16. The van der Waals surface area contributed by atoms with Crippen LogP contribution in [-0.4, -0.2) is 66.3 Å². The summed E-state index contributed by atoms with van der Waals surface area (Å²) in [6.45, 7) is 5.14. The Hall–Kier alpha value is -1.95. The van der Waals surface area contributed by atoms with Gasteiger partial charge in [-0.05, 0) is 17.7 Å². The first-order chi connectivity index (χ1) is 14.3. The molecule has 0 atom stereocenters. The highest BCUT2D eigenvalue weighted by Crippen LogP contribution is 2.55. The van der Waals surface area contributed by atoms with E-state index in [-0.39, 0.29) is 0 Å². The summed E-state index contributed by atoms with van der Waals surface area (Å²) in [5.74, 6) is 0. The lowest BCUT2D eigenvalue weighted by Crippen LogP contribution is -2.46. The van der Waals surface area contributed by atoms with Gasteiger partial charge in [0.25, 0.3) is 0 Å². The molecule has 0 aliphatic carbocycles. The minimum Gasteiger partial charge on any atom is -0.379 e. The van der Waals surface area contributed by atoms with Crippen molar-refractivity contribution in [2.75, 3.05) is 52.6 Å². The summed E-state index contributed by atoms with van der Waals surface area (Å²) < 4.78 is 32.7. The van der Waals surface area contributed by atoms with Gasteiger partial charge in [0.2, 0.25) is 7.44 Å². The van der Waals surface area contributed by atoms with Gasteiger partial charge in [-0.25, -0.2) is 9.34 Å². The minimum absolute atomic E-state index is 0.612. The van der Waals surface area contributed by atoms with Gasteiger partial charge in [-0.1, -0.05) is 36.4 Å². The van der Waals surface area contributed by atoms with E-state index in [9.17, 15) is 0 Å². The SMILES string of the molecule is O=P(c1c(-c2ccccc2)cn2ccccc12)(N1CCOCC1)N1CCOCC1. The van der Waals surface area contributed by atoms with Gasteiger partial charge < -0.3 is 13.9 Å². The van der Waals surface area contributed by atoms with Gasteiger partial charge in [0.05, 0.1) is 37.2 Å². The molecule has 6 nitrogen and oxygen atoms in total. The lowest BCUT2D eigenvalue weighted by molar-refractivity contribution is 0.0539. The lowest BCUT2D eigenvalue weighted by Gasteiger charge is -2.42. The summed E-state index contributed by atoms with van der Waals surface area (Å²) in [7, 11) is -3.04. The zero-order valence-corrected chi connectivity index (χ0v) is 17.3. The van der Waals surface area contributed by atoms with Crippen molar-refractivity contribution in [1.29, 1.82) is 0 Å². The summed E-state index contributed by atoms with van der Waals surface area (Å²) in [6, 6.07) is 16.4. The molecule has 3 aromatic rings. The second-order valence-corrected chi connectivity index (χ2v) is 10.1. The molecule has 2 aliphatic rings. The maximum atomic E-state index is 15.1. The van der Waals surface area contributed by atoms with Crippen LogP contribution in [0, 0.1) is 0 Å². The normalized spacial score (nSPS) is 19.6. The van der Waals surface area contributed by atoms with Crippen molar-refractivity contribution < 1.29 is 14.0 Å². The Balaban J connectivity index is 1.76. The number of hydrogen-bond donors (Lipinski definition) is 0. The van der Waals surface area contributed by atoms with Crippen molar-refractivity contribution in [3.8, 4) is 11.1 Å². The molecule has 2 saturated heterocycles. The highest BCUT2D eigenvalue weighted by atomic mass is 31.2. The molecule has 0 spiro atoms. The monoisotopic (exact) mass is 411 g/mol. The Bertz CT molecular complexity index is 1000. The Kier molecular flexibility index (Phi) is 5.29. The predicted molar refractivity (Wildman–Crippen MR) is 115 cm³/mol. The van der Waals surface area contributed by atoms with E-state index in [1.807, 2.05) is 36.5 Å². The highest BCUT2D eigenvalue weighted by Gasteiger charge is 2.43. The van der Waals surface area contributed by atoms with Crippen LogP contribution in [0.4, 0.5) is 0 Å². The van der Waals surface area contributed by atoms with E-state index in [2.05, 4.69) is 38.1 Å². The van der Waals surface area contributed by atoms with Crippen LogP contribution in [0.1, 0.15) is 0 Å². The van der Waals surface area contributed by atoms with Crippen molar-refractivity contribution >= 4 is 18.3 Å². The third kappa shape index (κ3) is 3.35. The van der Waals surface area contributed by atoms with Gasteiger partial charge in [0.1, 0.15) is 0 Å². The quantitative estimate of drug-likeness (QED) is 0.618. The second kappa shape index (κ2) is 8.05. The summed E-state index contributed by atoms with van der Waals surface area (Å²) in [4.78, 5) is 0. The molecule has 2 fully saturated rings. The highest BCUT2D eigenvalue weighted by molar-refractivity contribution is 7.67. The fraction of sp³-hybridized carbons (Fsp3) is 0.364. The predicted octanol–water partition coefficient (Wildman–Crippen LogP) is 3.09. The molecule has 1 aromatic carbocycles. The van der Waals surface area contributed by atoms with Gasteiger partial charge in [-0.2, -0.15) is 0 Å². The van der Waals surface area contributed by atoms with Crippen molar-refractivity contribution in [3.63, 3.8) is 0 Å². The van der Waals surface area contributed by atoms with Crippen molar-refractivity contribution in [2.24, 2.45) is 0 Å². The minimum atomic E-state index is -3.04. The number of benzene rings is 1. The molecule has 0 amide bonds. The summed E-state index contributed by atoms with van der Waals surface area (Å²) in [6.07, 6.45) is 4.15. The first-order valence-corrected chi connectivity index (χ1v) is 11.8. The lowest BCUT2D eigenvalue weighted by atomic mass is 10.1. The van der Waals surface area contributed by atoms with Crippen LogP contribution < -0.4 is 5.30 Å². The number of ether oxygens (including phenoxy) is 2. The summed E-state index contributed by atoms with van der Waals surface area (Å²) in [5, 5.41) is 0.938. The van der Waals surface area contributed by atoms with Gasteiger partial charge >= 0.3 is 0 Å². The average molecular weight is 411 g/mol. The van der Waals surface area contributed by atoms with Crippen LogP contribution in [-0.2, 0) is 14.0 Å². The molecule has 4 heterocycles. The van der Waals surface area contributed by atoms with Crippen LogP contribution in [0.5, 0.6) is 0 Å². The maximum absolute atomic E-state index is 15.1. The average Bonchev–Trinajstić information content (AvgIpc) is 3.20. The molecule has 0 radical (unpaired) electrons. The van der Waals surface area contributed by atoms with E-state index in [1.165, 1.54) is 0 Å². The zero-order chi connectivity index (χ0) is 19.7. The molecule has 7 heteroatoms. The van der Waals surface area contributed by atoms with Gasteiger partial charge in [-0.15, -0.1) is 0 Å². The molecular weight excluding hydrogens is 385 g/mol. The van der Waals surface area contributed by atoms with E-state index in [4.69, 9.17) is 9.47 Å². The number of pyridine rings is 1. The van der Waals surface area contributed by atoms with E-state index in [1.54, 1.807) is 0 Å². The third-order valence-electron chi connectivity index (χ3n) is 5.77. The van der Waals surface area contributed by atoms with Gasteiger partial charge in [-0.3, -0.25) is 4.57 Å². The molecule has 5 rings (SSSR count). The Morgan fingerprint density at radius 2 is 1.34 bits per heavy atom. The van der Waals surface area contributed by atoms with Crippen LogP contribution in [0.15, 0.2) is 60.9 Å². The standard InChI is InChI=1S/C22H26N3O3P/c26-29(24-10-14-27-15-11-24,25-12-16-28-17-13-25)22-20(19-6-2-1-3-7-19)18-23-9-5-4-8-21(22)23/h1-9,18H,10-17H2.